The molecule has 14 heteroatoms. The number of rotatable bonds is 9. The first-order valence-electron chi connectivity index (χ1n) is 13.8. The number of pyridine rings is 1. The molecule has 0 radical (unpaired) electrons. The Balaban J connectivity index is 1.42. The SMILES string of the molecule is COc1c(NC(=O)Nc2ccc(Oc3ccnc(-c4nc(C(=O)O)cs4)c3)c3ccccc23)cc(C(C)(C)C)cc1NS(C)(=O)=O. The molecule has 3 aromatic carbocycles. The number of nitrogens with zero attached hydrogens (tertiary/aromatic N) is 2. The highest BCUT2D eigenvalue weighted by Crippen LogP contribution is 2.40. The van der Waals surface area contributed by atoms with Gasteiger partial charge in [-0.15, -0.1) is 11.3 Å². The van der Waals surface area contributed by atoms with Crippen molar-refractivity contribution in [3.05, 3.63) is 83.5 Å². The van der Waals surface area contributed by atoms with Gasteiger partial charge in [0.2, 0.25) is 10.0 Å². The van der Waals surface area contributed by atoms with Crippen LogP contribution in [0.3, 0.4) is 0 Å². The second kappa shape index (κ2) is 12.7. The van der Waals surface area contributed by atoms with Gasteiger partial charge in [-0.05, 0) is 41.3 Å². The van der Waals surface area contributed by atoms with Crippen molar-refractivity contribution in [1.82, 2.24) is 9.97 Å². The van der Waals surface area contributed by atoms with Crippen molar-refractivity contribution >= 4 is 61.2 Å². The summed E-state index contributed by atoms with van der Waals surface area (Å²) in [6, 6.07) is 17.0. The van der Waals surface area contributed by atoms with E-state index in [4.69, 9.17) is 9.47 Å². The quantitative estimate of drug-likeness (QED) is 0.128. The molecule has 2 amide bonds. The Labute approximate surface area is 269 Å². The summed E-state index contributed by atoms with van der Waals surface area (Å²) >= 11 is 1.17. The van der Waals surface area contributed by atoms with Crippen LogP contribution in [-0.4, -0.2) is 48.9 Å². The smallest absolute Gasteiger partial charge is 0.355 e. The van der Waals surface area contributed by atoms with Crippen LogP contribution in [0.15, 0.2) is 72.2 Å². The fourth-order valence-electron chi connectivity index (χ4n) is 4.60. The van der Waals surface area contributed by atoms with E-state index in [1.165, 1.54) is 23.8 Å². The van der Waals surface area contributed by atoms with Crippen molar-refractivity contribution in [3.8, 4) is 28.0 Å². The summed E-state index contributed by atoms with van der Waals surface area (Å²) in [5, 5.41) is 18.2. The lowest BCUT2D eigenvalue weighted by molar-refractivity contribution is 0.0691. The van der Waals surface area contributed by atoms with Crippen LogP contribution < -0.4 is 24.8 Å². The van der Waals surface area contributed by atoms with Crippen molar-refractivity contribution in [2.75, 3.05) is 28.7 Å². The van der Waals surface area contributed by atoms with Crippen molar-refractivity contribution in [2.45, 2.75) is 26.2 Å². The molecule has 0 aliphatic heterocycles. The third-order valence-electron chi connectivity index (χ3n) is 6.74. The van der Waals surface area contributed by atoms with Gasteiger partial charge in [-0.25, -0.2) is 23.0 Å². The number of carbonyl (C=O) groups is 2. The number of urea groups is 1. The molecule has 0 spiro atoms. The molecule has 0 fully saturated rings. The normalized spacial score (nSPS) is 11.6. The Morgan fingerprint density at radius 3 is 2.28 bits per heavy atom. The standard InChI is InChI=1S/C32H31N5O7S2/c1-32(2,3)18-14-23(28(43-4)24(15-18)37-46(5,41)42)36-31(40)35-22-10-11-27(21-9-7-6-8-20(21)22)44-19-12-13-33-25(16-19)29-34-26(17-45-29)30(38)39/h6-17,37H,1-5H3,(H,38,39)(H2,35,36,40). The number of carboxylic acid groups (broad SMARTS) is 1. The lowest BCUT2D eigenvalue weighted by atomic mass is 9.86. The van der Waals surface area contributed by atoms with E-state index < -0.39 is 22.0 Å². The number of nitrogens with one attached hydrogen (secondary N) is 3. The molecule has 0 unspecified atom stereocenters. The predicted molar refractivity (Wildman–Crippen MR) is 179 cm³/mol. The third kappa shape index (κ3) is 7.35. The lowest BCUT2D eigenvalue weighted by Crippen LogP contribution is -2.22. The summed E-state index contributed by atoms with van der Waals surface area (Å²) in [6.45, 7) is 5.92. The molecule has 0 saturated heterocycles. The predicted octanol–water partition coefficient (Wildman–Crippen LogP) is 7.17. The molecule has 0 aliphatic carbocycles. The minimum atomic E-state index is -3.63. The summed E-state index contributed by atoms with van der Waals surface area (Å²) in [7, 11) is -2.24. The number of amides is 2. The number of thiazole rings is 1. The second-order valence-corrected chi connectivity index (χ2v) is 13.9. The molecule has 4 N–H and O–H groups in total. The van der Waals surface area contributed by atoms with E-state index in [0.29, 0.717) is 38.7 Å². The fraction of sp³-hybridized carbons (Fsp3) is 0.188. The van der Waals surface area contributed by atoms with Crippen LogP contribution in [0.1, 0.15) is 36.8 Å². The Bertz CT molecular complexity index is 2070. The number of sulfonamides is 1. The molecule has 0 aliphatic rings. The topological polar surface area (TPSA) is 169 Å². The number of ether oxygens (including phenoxy) is 2. The maximum Gasteiger partial charge on any atom is 0.355 e. The van der Waals surface area contributed by atoms with E-state index in [-0.39, 0.29) is 28.2 Å². The number of carboxylic acids is 1. The summed E-state index contributed by atoms with van der Waals surface area (Å²) in [5.41, 5.74) is 1.81. The second-order valence-electron chi connectivity index (χ2n) is 11.3. The molecule has 5 rings (SSSR count). The van der Waals surface area contributed by atoms with Crippen molar-refractivity contribution in [3.63, 3.8) is 0 Å². The van der Waals surface area contributed by atoms with Gasteiger partial charge in [0.25, 0.3) is 0 Å². The first kappa shape index (κ1) is 32.2. The molecular formula is C32H31N5O7S2. The van der Waals surface area contributed by atoms with Gasteiger partial charge < -0.3 is 25.2 Å². The van der Waals surface area contributed by atoms with Crippen LogP contribution in [0.4, 0.5) is 21.9 Å². The molecule has 0 atom stereocenters. The maximum absolute atomic E-state index is 13.3. The zero-order chi connectivity index (χ0) is 33.2. The number of aromatic carboxylic acids is 1. The van der Waals surface area contributed by atoms with Crippen LogP contribution in [-0.2, 0) is 15.4 Å². The highest BCUT2D eigenvalue weighted by molar-refractivity contribution is 7.92. The Morgan fingerprint density at radius 1 is 0.935 bits per heavy atom. The Kier molecular flexibility index (Phi) is 8.85. The number of anilines is 3. The van der Waals surface area contributed by atoms with Crippen LogP contribution >= 0.6 is 11.3 Å². The highest BCUT2D eigenvalue weighted by atomic mass is 32.2. The fourth-order valence-corrected chi connectivity index (χ4v) is 5.91. The van der Waals surface area contributed by atoms with Crippen LogP contribution in [0.5, 0.6) is 17.2 Å². The average molecular weight is 662 g/mol. The zero-order valence-electron chi connectivity index (χ0n) is 25.5. The van der Waals surface area contributed by atoms with Crippen molar-refractivity contribution in [1.29, 1.82) is 0 Å². The van der Waals surface area contributed by atoms with E-state index in [1.807, 2.05) is 45.0 Å². The molecule has 46 heavy (non-hydrogen) atoms. The number of carbonyl (C=O) groups excluding carboxylic acids is 1. The van der Waals surface area contributed by atoms with Gasteiger partial charge in [-0.3, -0.25) is 9.71 Å². The van der Waals surface area contributed by atoms with Crippen molar-refractivity contribution < 1.29 is 32.6 Å². The number of fused-ring (bicyclic) bond motifs is 1. The highest BCUT2D eigenvalue weighted by Gasteiger charge is 2.22. The first-order valence-corrected chi connectivity index (χ1v) is 16.6. The zero-order valence-corrected chi connectivity index (χ0v) is 27.2. The van der Waals surface area contributed by atoms with Crippen LogP contribution in [0.2, 0.25) is 0 Å². The molecular weight excluding hydrogens is 631 g/mol. The molecule has 0 saturated carbocycles. The number of hydrogen-bond acceptors (Lipinski definition) is 9. The lowest BCUT2D eigenvalue weighted by Gasteiger charge is -2.24. The molecule has 12 nitrogen and oxygen atoms in total. The van der Waals surface area contributed by atoms with E-state index in [0.717, 1.165) is 11.8 Å². The molecule has 2 aromatic heterocycles. The van der Waals surface area contributed by atoms with Gasteiger partial charge in [0.15, 0.2) is 11.4 Å². The molecule has 238 valence electrons. The number of aromatic nitrogens is 2. The van der Waals surface area contributed by atoms with Crippen molar-refractivity contribution in [2.24, 2.45) is 0 Å². The van der Waals surface area contributed by atoms with Crippen LogP contribution in [0.25, 0.3) is 21.5 Å². The van der Waals surface area contributed by atoms with Gasteiger partial charge in [0, 0.05) is 28.4 Å². The van der Waals surface area contributed by atoms with Gasteiger partial charge in [0.1, 0.15) is 22.2 Å². The number of benzene rings is 3. The Hall–Kier alpha value is -5.21. The third-order valence-corrected chi connectivity index (χ3v) is 8.19. The van der Waals surface area contributed by atoms with E-state index in [9.17, 15) is 23.1 Å². The number of hydrogen-bond donors (Lipinski definition) is 4. The summed E-state index contributed by atoms with van der Waals surface area (Å²) in [5.74, 6) is 0.0241. The van der Waals surface area contributed by atoms with Gasteiger partial charge in [-0.2, -0.15) is 0 Å². The van der Waals surface area contributed by atoms with Gasteiger partial charge in [0.05, 0.1) is 30.4 Å². The van der Waals surface area contributed by atoms with Gasteiger partial charge in [-0.1, -0.05) is 45.0 Å². The summed E-state index contributed by atoms with van der Waals surface area (Å²) < 4.78 is 38.4. The van der Waals surface area contributed by atoms with E-state index in [1.54, 1.807) is 42.6 Å². The maximum atomic E-state index is 13.3. The minimum Gasteiger partial charge on any atom is -0.492 e. The van der Waals surface area contributed by atoms with Gasteiger partial charge >= 0.3 is 12.0 Å². The monoisotopic (exact) mass is 661 g/mol. The first-order chi connectivity index (χ1) is 21.7. The largest absolute Gasteiger partial charge is 0.492 e. The molecule has 5 aromatic rings. The average Bonchev–Trinajstić information content (AvgIpc) is 3.48. The molecule has 2 heterocycles. The summed E-state index contributed by atoms with van der Waals surface area (Å²) in [4.78, 5) is 33.0. The number of methoxy groups -OCH3 is 1. The van der Waals surface area contributed by atoms with E-state index >= 15 is 0 Å². The van der Waals surface area contributed by atoms with Crippen LogP contribution in [0, 0.1) is 0 Å². The van der Waals surface area contributed by atoms with E-state index in [2.05, 4.69) is 25.3 Å². The Morgan fingerprint density at radius 2 is 1.63 bits per heavy atom. The summed E-state index contributed by atoms with van der Waals surface area (Å²) in [6.07, 6.45) is 2.59. The molecule has 0 bridgehead atoms. The minimum absolute atomic E-state index is 0.0578.